The van der Waals surface area contributed by atoms with Gasteiger partial charge in [-0.1, -0.05) is 11.6 Å². The zero-order valence-electron chi connectivity index (χ0n) is 13.5. The summed E-state index contributed by atoms with van der Waals surface area (Å²) in [6, 6.07) is 5.80. The minimum atomic E-state index is -0.757. The van der Waals surface area contributed by atoms with Crippen LogP contribution in [0.3, 0.4) is 0 Å². The van der Waals surface area contributed by atoms with Gasteiger partial charge in [-0.05, 0) is 36.6 Å². The van der Waals surface area contributed by atoms with Gasteiger partial charge in [0.1, 0.15) is 6.10 Å². The number of aliphatic hydroxyl groups is 1. The first-order valence-corrected chi connectivity index (χ1v) is 8.35. The molecule has 2 heterocycles. The first kappa shape index (κ1) is 17.1. The number of ether oxygens (including phenoxy) is 2. The predicted molar refractivity (Wildman–Crippen MR) is 91.4 cm³/mol. The molecule has 24 heavy (non-hydrogen) atoms. The SMILES string of the molecule is COC(=O)O[C@H]1CN(CCc2c[nH]c3ccc(Cl)cc23)CC[C@H]1O. The number of piperidine rings is 1. The van der Waals surface area contributed by atoms with E-state index in [0.29, 0.717) is 13.0 Å². The van der Waals surface area contributed by atoms with Gasteiger partial charge >= 0.3 is 6.16 Å². The second kappa shape index (κ2) is 7.42. The third-order valence-electron chi connectivity index (χ3n) is 4.45. The summed E-state index contributed by atoms with van der Waals surface area (Å²) in [7, 11) is 1.26. The number of aromatic nitrogens is 1. The Morgan fingerprint density at radius 3 is 3.12 bits per heavy atom. The van der Waals surface area contributed by atoms with Gasteiger partial charge in [0.15, 0.2) is 0 Å². The fraction of sp³-hybridized carbons (Fsp3) is 0.471. The number of benzene rings is 1. The summed E-state index contributed by atoms with van der Waals surface area (Å²) in [5.74, 6) is 0. The Bertz CT molecular complexity index is 718. The summed E-state index contributed by atoms with van der Waals surface area (Å²) >= 11 is 6.08. The second-order valence-electron chi connectivity index (χ2n) is 6.02. The Morgan fingerprint density at radius 1 is 1.50 bits per heavy atom. The van der Waals surface area contributed by atoms with Crippen molar-refractivity contribution in [1.82, 2.24) is 9.88 Å². The molecule has 1 aliphatic rings. The highest BCUT2D eigenvalue weighted by atomic mass is 35.5. The third-order valence-corrected chi connectivity index (χ3v) is 4.68. The van der Waals surface area contributed by atoms with Gasteiger partial charge in [0.25, 0.3) is 0 Å². The van der Waals surface area contributed by atoms with Crippen LogP contribution in [0.25, 0.3) is 10.9 Å². The van der Waals surface area contributed by atoms with Crippen molar-refractivity contribution in [3.63, 3.8) is 0 Å². The Morgan fingerprint density at radius 2 is 2.33 bits per heavy atom. The van der Waals surface area contributed by atoms with E-state index >= 15 is 0 Å². The molecular weight excluding hydrogens is 332 g/mol. The van der Waals surface area contributed by atoms with Gasteiger partial charge in [-0.25, -0.2) is 4.79 Å². The van der Waals surface area contributed by atoms with Crippen LogP contribution in [0.5, 0.6) is 0 Å². The molecule has 1 aromatic heterocycles. The van der Waals surface area contributed by atoms with Crippen LogP contribution in [-0.4, -0.2) is 60.1 Å². The van der Waals surface area contributed by atoms with Gasteiger partial charge in [-0.2, -0.15) is 0 Å². The molecule has 0 amide bonds. The number of methoxy groups -OCH3 is 1. The number of halogens is 1. The molecule has 3 rings (SSSR count). The molecule has 6 nitrogen and oxygen atoms in total. The molecule has 1 fully saturated rings. The molecule has 0 spiro atoms. The highest BCUT2D eigenvalue weighted by molar-refractivity contribution is 6.31. The highest BCUT2D eigenvalue weighted by Gasteiger charge is 2.31. The number of aromatic amines is 1. The van der Waals surface area contributed by atoms with Crippen LogP contribution in [0.4, 0.5) is 4.79 Å². The molecule has 1 saturated heterocycles. The zero-order valence-corrected chi connectivity index (χ0v) is 14.3. The van der Waals surface area contributed by atoms with Gasteiger partial charge < -0.3 is 19.6 Å². The molecule has 0 saturated carbocycles. The summed E-state index contributed by atoms with van der Waals surface area (Å²) in [4.78, 5) is 16.7. The summed E-state index contributed by atoms with van der Waals surface area (Å²) < 4.78 is 9.64. The molecular formula is C17H21ClN2O4. The maximum Gasteiger partial charge on any atom is 0.508 e. The Hall–Kier alpha value is -1.76. The first-order valence-electron chi connectivity index (χ1n) is 7.97. The number of hydrogen-bond acceptors (Lipinski definition) is 5. The van der Waals surface area contributed by atoms with E-state index in [0.717, 1.165) is 35.4 Å². The largest absolute Gasteiger partial charge is 0.508 e. The molecule has 130 valence electrons. The van der Waals surface area contributed by atoms with Crippen molar-refractivity contribution in [2.75, 3.05) is 26.7 Å². The van der Waals surface area contributed by atoms with Crippen molar-refractivity contribution in [3.8, 4) is 0 Å². The lowest BCUT2D eigenvalue weighted by Crippen LogP contribution is -2.49. The minimum Gasteiger partial charge on any atom is -0.438 e. The number of nitrogens with one attached hydrogen (secondary N) is 1. The first-order chi connectivity index (χ1) is 11.6. The normalized spacial score (nSPS) is 21.8. The van der Waals surface area contributed by atoms with E-state index in [2.05, 4.69) is 14.6 Å². The molecule has 2 atom stereocenters. The third kappa shape index (κ3) is 3.83. The van der Waals surface area contributed by atoms with E-state index in [1.807, 2.05) is 24.4 Å². The van der Waals surface area contributed by atoms with Gasteiger partial charge in [0, 0.05) is 41.8 Å². The van der Waals surface area contributed by atoms with Gasteiger partial charge in [-0.3, -0.25) is 4.90 Å². The molecule has 2 aromatic rings. The van der Waals surface area contributed by atoms with Crippen molar-refractivity contribution in [2.24, 2.45) is 0 Å². The number of carbonyl (C=O) groups excluding carboxylic acids is 1. The number of aliphatic hydroxyl groups excluding tert-OH is 1. The lowest BCUT2D eigenvalue weighted by atomic mass is 10.0. The van der Waals surface area contributed by atoms with Crippen molar-refractivity contribution in [3.05, 3.63) is 35.0 Å². The summed E-state index contributed by atoms with van der Waals surface area (Å²) in [6.45, 7) is 2.08. The molecule has 0 radical (unpaired) electrons. The van der Waals surface area contributed by atoms with Crippen LogP contribution in [-0.2, 0) is 15.9 Å². The summed E-state index contributed by atoms with van der Waals surface area (Å²) in [6.07, 6.45) is 1.47. The van der Waals surface area contributed by atoms with Crippen LogP contribution in [0.15, 0.2) is 24.4 Å². The number of fused-ring (bicyclic) bond motifs is 1. The van der Waals surface area contributed by atoms with Crippen LogP contribution in [0.1, 0.15) is 12.0 Å². The molecule has 1 aromatic carbocycles. The maximum atomic E-state index is 11.3. The van der Waals surface area contributed by atoms with E-state index in [4.69, 9.17) is 16.3 Å². The average Bonchev–Trinajstić information content (AvgIpc) is 2.97. The molecule has 1 aliphatic heterocycles. The van der Waals surface area contributed by atoms with E-state index in [-0.39, 0.29) is 0 Å². The maximum absolute atomic E-state index is 11.3. The quantitative estimate of drug-likeness (QED) is 0.827. The molecule has 0 bridgehead atoms. The predicted octanol–water partition coefficient (Wildman–Crippen LogP) is 2.58. The summed E-state index contributed by atoms with van der Waals surface area (Å²) in [5, 5.41) is 11.8. The van der Waals surface area contributed by atoms with Gasteiger partial charge in [0.2, 0.25) is 0 Å². The molecule has 0 unspecified atom stereocenters. The highest BCUT2D eigenvalue weighted by Crippen LogP contribution is 2.23. The fourth-order valence-electron chi connectivity index (χ4n) is 3.09. The monoisotopic (exact) mass is 352 g/mol. The number of rotatable bonds is 4. The van der Waals surface area contributed by atoms with Crippen molar-refractivity contribution in [2.45, 2.75) is 25.0 Å². The number of nitrogens with zero attached hydrogens (tertiary/aromatic N) is 1. The van der Waals surface area contributed by atoms with Crippen LogP contribution < -0.4 is 0 Å². The zero-order chi connectivity index (χ0) is 17.1. The minimum absolute atomic E-state index is 0.499. The lowest BCUT2D eigenvalue weighted by molar-refractivity contribution is -0.0639. The Kier molecular flexibility index (Phi) is 5.28. The van der Waals surface area contributed by atoms with E-state index in [1.165, 1.54) is 12.7 Å². The number of H-pyrrole nitrogens is 1. The van der Waals surface area contributed by atoms with E-state index < -0.39 is 18.4 Å². The fourth-order valence-corrected chi connectivity index (χ4v) is 3.27. The van der Waals surface area contributed by atoms with Gasteiger partial charge in [0.05, 0.1) is 13.2 Å². The smallest absolute Gasteiger partial charge is 0.438 e. The van der Waals surface area contributed by atoms with Gasteiger partial charge in [-0.15, -0.1) is 0 Å². The summed E-state index contributed by atoms with van der Waals surface area (Å²) in [5.41, 5.74) is 2.26. The Balaban J connectivity index is 1.61. The van der Waals surface area contributed by atoms with E-state index in [9.17, 15) is 9.90 Å². The Labute approximate surface area is 145 Å². The topological polar surface area (TPSA) is 74.8 Å². The van der Waals surface area contributed by atoms with E-state index in [1.54, 1.807) is 0 Å². The molecule has 0 aliphatic carbocycles. The van der Waals surface area contributed by atoms with Crippen LogP contribution in [0.2, 0.25) is 5.02 Å². The van der Waals surface area contributed by atoms with Crippen molar-refractivity contribution in [1.29, 1.82) is 0 Å². The number of hydrogen-bond donors (Lipinski definition) is 2. The van der Waals surface area contributed by atoms with Crippen molar-refractivity contribution < 1.29 is 19.4 Å². The van der Waals surface area contributed by atoms with Crippen LogP contribution in [0, 0.1) is 0 Å². The lowest BCUT2D eigenvalue weighted by Gasteiger charge is -2.35. The average molecular weight is 353 g/mol. The molecule has 7 heteroatoms. The number of likely N-dealkylation sites (tertiary alicyclic amines) is 1. The van der Waals surface area contributed by atoms with Crippen molar-refractivity contribution >= 4 is 28.7 Å². The van der Waals surface area contributed by atoms with Crippen LogP contribution >= 0.6 is 11.6 Å². The standard InChI is InChI=1S/C17H21ClN2O4/c1-23-17(22)24-16-10-20(7-5-15(16)21)6-4-11-9-19-14-3-2-12(18)8-13(11)14/h2-3,8-9,15-16,19,21H,4-7,10H2,1H3/t15-,16+/m1/s1. The molecule has 2 N–H and O–H groups in total. The second-order valence-corrected chi connectivity index (χ2v) is 6.46. The number of carbonyl (C=O) groups is 1.